The van der Waals surface area contributed by atoms with Crippen LogP contribution in [0.4, 0.5) is 0 Å². The molecule has 1 aliphatic heterocycles. The van der Waals surface area contributed by atoms with Gasteiger partial charge in [0, 0.05) is 43.8 Å². The zero-order chi connectivity index (χ0) is 21.7. The number of likely N-dealkylation sites (tertiary alicyclic amines) is 1. The van der Waals surface area contributed by atoms with Crippen LogP contribution >= 0.6 is 0 Å². The van der Waals surface area contributed by atoms with Crippen LogP contribution in [0.5, 0.6) is 0 Å². The Morgan fingerprint density at radius 2 is 1.94 bits per heavy atom. The van der Waals surface area contributed by atoms with E-state index in [4.69, 9.17) is 4.74 Å². The Bertz CT molecular complexity index is 857. The number of benzene rings is 1. The number of likely N-dealkylation sites (N-methyl/N-ethyl adjacent to an activating group) is 1. The van der Waals surface area contributed by atoms with E-state index in [1.54, 1.807) is 12.4 Å². The van der Waals surface area contributed by atoms with Gasteiger partial charge in [0.25, 0.3) is 0 Å². The first kappa shape index (κ1) is 21.9. The lowest BCUT2D eigenvalue weighted by Crippen LogP contribution is -2.52. The average molecular weight is 425 g/mol. The van der Waals surface area contributed by atoms with E-state index >= 15 is 0 Å². The molecule has 0 radical (unpaired) electrons. The molecule has 1 saturated carbocycles. The monoisotopic (exact) mass is 424 g/mol. The fraction of sp³-hybridized carbons (Fsp3) is 0.560. The maximum absolute atomic E-state index is 13.3. The largest absolute Gasteiger partial charge is 0.457 e. The van der Waals surface area contributed by atoms with Crippen LogP contribution in [-0.4, -0.2) is 58.3 Å². The van der Waals surface area contributed by atoms with Crippen LogP contribution in [0, 0.1) is 5.92 Å². The molecule has 2 aliphatic rings. The quantitative estimate of drug-likeness (QED) is 0.520. The number of quaternary nitrogens is 1. The first-order chi connectivity index (χ1) is 15.0. The van der Waals surface area contributed by atoms with Crippen LogP contribution in [-0.2, 0) is 21.6 Å². The van der Waals surface area contributed by atoms with Gasteiger partial charge in [-0.15, -0.1) is 0 Å². The van der Waals surface area contributed by atoms with E-state index in [0.29, 0.717) is 12.2 Å². The molecule has 6 nitrogen and oxygen atoms in total. The van der Waals surface area contributed by atoms with Gasteiger partial charge in [0.15, 0.2) is 5.60 Å². The SMILES string of the molecule is C[N+]1(CCc2cnccn2)CCCC1COC(=O)C(O)(c1ccccc1)C1CCCC1. The fourth-order valence-corrected chi connectivity index (χ4v) is 5.41. The number of esters is 1. The Hall–Kier alpha value is -2.31. The molecule has 1 N–H and O–H groups in total. The number of carbonyl (C=O) groups is 1. The van der Waals surface area contributed by atoms with E-state index in [1.807, 2.05) is 36.5 Å². The Morgan fingerprint density at radius 3 is 2.65 bits per heavy atom. The van der Waals surface area contributed by atoms with Crippen molar-refractivity contribution in [3.63, 3.8) is 0 Å². The van der Waals surface area contributed by atoms with Gasteiger partial charge in [-0.2, -0.15) is 0 Å². The molecule has 2 aromatic rings. The minimum Gasteiger partial charge on any atom is -0.457 e. The van der Waals surface area contributed by atoms with Gasteiger partial charge < -0.3 is 14.3 Å². The number of nitrogens with zero attached hydrogens (tertiary/aromatic N) is 3. The highest BCUT2D eigenvalue weighted by Gasteiger charge is 2.48. The van der Waals surface area contributed by atoms with Gasteiger partial charge in [-0.3, -0.25) is 9.97 Å². The highest BCUT2D eigenvalue weighted by molar-refractivity contribution is 5.81. The molecule has 3 atom stereocenters. The van der Waals surface area contributed by atoms with Gasteiger partial charge in [-0.05, 0) is 18.4 Å². The molecule has 4 rings (SSSR count). The Kier molecular flexibility index (Phi) is 6.68. The highest BCUT2D eigenvalue weighted by Crippen LogP contribution is 2.41. The van der Waals surface area contributed by atoms with Crippen molar-refractivity contribution in [3.8, 4) is 0 Å². The first-order valence-electron chi connectivity index (χ1n) is 11.6. The third kappa shape index (κ3) is 4.65. The molecular weight excluding hydrogens is 390 g/mol. The van der Waals surface area contributed by atoms with Crippen molar-refractivity contribution in [1.29, 1.82) is 0 Å². The molecule has 31 heavy (non-hydrogen) atoms. The molecule has 6 heteroatoms. The lowest BCUT2D eigenvalue weighted by Gasteiger charge is -2.37. The van der Waals surface area contributed by atoms with Gasteiger partial charge in [-0.1, -0.05) is 43.2 Å². The van der Waals surface area contributed by atoms with Gasteiger partial charge in [-0.25, -0.2) is 4.79 Å². The van der Waals surface area contributed by atoms with E-state index in [9.17, 15) is 9.90 Å². The summed E-state index contributed by atoms with van der Waals surface area (Å²) in [5.74, 6) is -0.568. The zero-order valence-corrected chi connectivity index (χ0v) is 18.4. The van der Waals surface area contributed by atoms with E-state index < -0.39 is 11.6 Å². The number of hydrogen-bond acceptors (Lipinski definition) is 5. The summed E-state index contributed by atoms with van der Waals surface area (Å²) in [6, 6.07) is 9.58. The Morgan fingerprint density at radius 1 is 1.16 bits per heavy atom. The van der Waals surface area contributed by atoms with E-state index in [2.05, 4.69) is 17.0 Å². The molecule has 1 aromatic heterocycles. The maximum atomic E-state index is 13.3. The lowest BCUT2D eigenvalue weighted by atomic mass is 9.80. The molecule has 1 saturated heterocycles. The summed E-state index contributed by atoms with van der Waals surface area (Å²) in [4.78, 5) is 21.8. The van der Waals surface area contributed by atoms with Crippen LogP contribution in [0.15, 0.2) is 48.9 Å². The third-order valence-corrected chi connectivity index (χ3v) is 7.46. The molecule has 0 bridgehead atoms. The van der Waals surface area contributed by atoms with Gasteiger partial charge in [0.2, 0.25) is 0 Å². The van der Waals surface area contributed by atoms with E-state index in [-0.39, 0.29) is 12.0 Å². The summed E-state index contributed by atoms with van der Waals surface area (Å²) in [6.45, 7) is 2.35. The van der Waals surface area contributed by atoms with Crippen LogP contribution in [0.25, 0.3) is 0 Å². The molecule has 2 fully saturated rings. The summed E-state index contributed by atoms with van der Waals surface area (Å²) < 4.78 is 6.73. The summed E-state index contributed by atoms with van der Waals surface area (Å²) >= 11 is 0. The van der Waals surface area contributed by atoms with Crippen molar-refractivity contribution in [3.05, 3.63) is 60.2 Å². The third-order valence-electron chi connectivity index (χ3n) is 7.46. The van der Waals surface area contributed by atoms with Crippen molar-refractivity contribution in [2.45, 2.75) is 56.6 Å². The van der Waals surface area contributed by atoms with Crippen molar-refractivity contribution in [2.75, 3.05) is 26.7 Å². The number of rotatable bonds is 8. The predicted molar refractivity (Wildman–Crippen MR) is 118 cm³/mol. The van der Waals surface area contributed by atoms with Crippen molar-refractivity contribution >= 4 is 5.97 Å². The normalized spacial score (nSPS) is 25.9. The standard InChI is InChI=1S/C25H34N3O3/c1-28(17-13-22-18-26-14-15-27-22)16-7-12-23(28)19-31-24(29)25(30,21-10-5-6-11-21)20-8-3-2-4-9-20/h2-4,8-9,14-15,18,21,23,30H,5-7,10-13,16-17,19H2,1H3/q+1. The van der Waals surface area contributed by atoms with Crippen molar-refractivity contribution in [1.82, 2.24) is 9.97 Å². The summed E-state index contributed by atoms with van der Waals surface area (Å²) in [7, 11) is 2.24. The first-order valence-corrected chi connectivity index (χ1v) is 11.6. The molecule has 2 heterocycles. The molecule has 166 valence electrons. The average Bonchev–Trinajstić information content (AvgIpc) is 3.48. The molecule has 1 aromatic carbocycles. The number of ether oxygens (including phenoxy) is 1. The number of aliphatic hydroxyl groups is 1. The van der Waals surface area contributed by atoms with E-state index in [0.717, 1.165) is 68.2 Å². The second kappa shape index (κ2) is 9.45. The maximum Gasteiger partial charge on any atom is 0.343 e. The summed E-state index contributed by atoms with van der Waals surface area (Å²) in [5, 5.41) is 11.6. The predicted octanol–water partition coefficient (Wildman–Crippen LogP) is 3.25. The minimum absolute atomic E-state index is 0.0801. The topological polar surface area (TPSA) is 72.3 Å². The number of aromatic nitrogens is 2. The molecular formula is C25H34N3O3+. The summed E-state index contributed by atoms with van der Waals surface area (Å²) in [5.41, 5.74) is 0.0850. The van der Waals surface area contributed by atoms with E-state index in [1.165, 1.54) is 0 Å². The van der Waals surface area contributed by atoms with Crippen LogP contribution in [0.2, 0.25) is 0 Å². The van der Waals surface area contributed by atoms with Gasteiger partial charge >= 0.3 is 5.97 Å². The zero-order valence-electron chi connectivity index (χ0n) is 18.4. The lowest BCUT2D eigenvalue weighted by molar-refractivity contribution is -0.921. The molecule has 1 aliphatic carbocycles. The van der Waals surface area contributed by atoms with Crippen molar-refractivity contribution in [2.24, 2.45) is 5.92 Å². The Balaban J connectivity index is 1.43. The smallest absolute Gasteiger partial charge is 0.343 e. The van der Waals surface area contributed by atoms with Crippen molar-refractivity contribution < 1.29 is 19.1 Å². The van der Waals surface area contributed by atoms with Crippen LogP contribution in [0.1, 0.15) is 49.8 Å². The second-order valence-electron chi connectivity index (χ2n) is 9.38. The minimum atomic E-state index is -1.56. The highest BCUT2D eigenvalue weighted by atomic mass is 16.6. The number of hydrogen-bond donors (Lipinski definition) is 1. The fourth-order valence-electron chi connectivity index (χ4n) is 5.41. The van der Waals surface area contributed by atoms with Crippen LogP contribution < -0.4 is 0 Å². The molecule has 3 unspecified atom stereocenters. The number of carbonyl (C=O) groups excluding carboxylic acids is 1. The molecule has 0 amide bonds. The second-order valence-corrected chi connectivity index (χ2v) is 9.38. The van der Waals surface area contributed by atoms with Gasteiger partial charge in [0.05, 0.1) is 25.8 Å². The Labute approximate surface area is 184 Å². The molecule has 0 spiro atoms. The summed E-state index contributed by atoms with van der Waals surface area (Å²) in [6.07, 6.45) is 12.0. The van der Waals surface area contributed by atoms with Gasteiger partial charge in [0.1, 0.15) is 12.6 Å². The van der Waals surface area contributed by atoms with Crippen LogP contribution in [0.3, 0.4) is 0 Å².